The first-order chi connectivity index (χ1) is 18.9. The number of benzene rings is 3. The van der Waals surface area contributed by atoms with Gasteiger partial charge >= 0.3 is 5.97 Å². The van der Waals surface area contributed by atoms with Crippen LogP contribution < -0.4 is 19.6 Å². The summed E-state index contributed by atoms with van der Waals surface area (Å²) in [6.45, 7) is 2.40. The number of thiazole rings is 1. The lowest BCUT2D eigenvalue weighted by Crippen LogP contribution is -2.40. The van der Waals surface area contributed by atoms with Crippen molar-refractivity contribution < 1.29 is 14.3 Å². The molecule has 0 saturated heterocycles. The van der Waals surface area contributed by atoms with Crippen LogP contribution in [0.15, 0.2) is 98.3 Å². The molecule has 0 saturated carbocycles. The molecule has 0 spiro atoms. The zero-order valence-electron chi connectivity index (χ0n) is 21.2. The molecule has 0 aliphatic carbocycles. The summed E-state index contributed by atoms with van der Waals surface area (Å²) in [5, 5.41) is 0. The van der Waals surface area contributed by atoms with Crippen molar-refractivity contribution in [2.45, 2.75) is 26.0 Å². The lowest BCUT2D eigenvalue weighted by molar-refractivity contribution is -0.136. The Balaban J connectivity index is 1.58. The van der Waals surface area contributed by atoms with E-state index in [0.717, 1.165) is 30.5 Å². The molecule has 3 aromatic carbocycles. The highest BCUT2D eigenvalue weighted by Gasteiger charge is 2.33. The lowest BCUT2D eigenvalue weighted by Gasteiger charge is -2.25. The van der Waals surface area contributed by atoms with Crippen LogP contribution in [0.4, 0.5) is 0 Å². The lowest BCUT2D eigenvalue weighted by atomic mass is 9.95. The van der Waals surface area contributed by atoms with Gasteiger partial charge < -0.3 is 9.47 Å². The standard InChI is InChI=1S/C30H24BrIN2O4S/c1-3-23-25(29(36)37-2)26(20-12-8-5-9-13-20)34-28(35)24(39-30(34)33-23)16-19-14-21(31)27(22(32)15-19)38-17-18-10-6-4-7-11-18/h4-16,26H,3,17H2,1-2H3/b24-16-/t26-/m1/s1. The molecule has 0 N–H and O–H groups in total. The molecule has 1 aliphatic heterocycles. The monoisotopic (exact) mass is 714 g/mol. The summed E-state index contributed by atoms with van der Waals surface area (Å²) in [7, 11) is 1.35. The van der Waals surface area contributed by atoms with E-state index in [0.29, 0.717) is 33.6 Å². The Bertz CT molecular complexity index is 1720. The van der Waals surface area contributed by atoms with E-state index >= 15 is 0 Å². The van der Waals surface area contributed by atoms with Gasteiger partial charge in [0, 0.05) is 0 Å². The number of ether oxygens (including phenoxy) is 2. The Hall–Kier alpha value is -3.02. The second-order valence-electron chi connectivity index (χ2n) is 8.79. The fraction of sp³-hybridized carbons (Fsp3) is 0.167. The average Bonchev–Trinajstić information content (AvgIpc) is 3.26. The molecular formula is C30H24BrIN2O4S. The van der Waals surface area contributed by atoms with Gasteiger partial charge in [0.2, 0.25) is 0 Å². The third kappa shape index (κ3) is 5.66. The first-order valence-electron chi connectivity index (χ1n) is 12.2. The molecule has 0 radical (unpaired) electrons. The van der Waals surface area contributed by atoms with Crippen molar-refractivity contribution in [3.63, 3.8) is 0 Å². The fourth-order valence-corrected chi connectivity index (χ4v) is 7.29. The SMILES string of the molecule is CCC1=C(C(=O)OC)[C@@H](c2ccccc2)n2c(s/c(=C\c3cc(Br)c(OCc4ccccc4)c(I)c3)c2=O)=N1. The van der Waals surface area contributed by atoms with E-state index in [9.17, 15) is 9.59 Å². The van der Waals surface area contributed by atoms with Gasteiger partial charge in [0.25, 0.3) is 5.56 Å². The number of fused-ring (bicyclic) bond motifs is 1. The number of methoxy groups -OCH3 is 1. The average molecular weight is 715 g/mol. The Morgan fingerprint density at radius 3 is 2.46 bits per heavy atom. The zero-order valence-corrected chi connectivity index (χ0v) is 25.7. The zero-order chi connectivity index (χ0) is 27.5. The van der Waals surface area contributed by atoms with Crippen molar-refractivity contribution in [2.75, 3.05) is 7.11 Å². The Kier molecular flexibility index (Phi) is 8.49. The minimum absolute atomic E-state index is 0.209. The summed E-state index contributed by atoms with van der Waals surface area (Å²) in [5.41, 5.74) is 3.56. The number of esters is 1. The number of aromatic nitrogens is 1. The minimum atomic E-state index is -0.618. The maximum absolute atomic E-state index is 13.8. The van der Waals surface area contributed by atoms with Crippen LogP contribution in [0.5, 0.6) is 5.75 Å². The van der Waals surface area contributed by atoms with Crippen molar-refractivity contribution in [3.05, 3.63) is 128 Å². The molecule has 9 heteroatoms. The van der Waals surface area contributed by atoms with Crippen molar-refractivity contribution >= 4 is 61.9 Å². The van der Waals surface area contributed by atoms with E-state index in [2.05, 4.69) is 38.5 Å². The molecule has 1 atom stereocenters. The largest absolute Gasteiger partial charge is 0.487 e. The molecular weight excluding hydrogens is 691 g/mol. The van der Waals surface area contributed by atoms with Crippen molar-refractivity contribution in [1.82, 2.24) is 4.57 Å². The minimum Gasteiger partial charge on any atom is -0.487 e. The summed E-state index contributed by atoms with van der Waals surface area (Å²) < 4.78 is 15.1. The van der Waals surface area contributed by atoms with Crippen molar-refractivity contribution in [1.29, 1.82) is 0 Å². The predicted octanol–water partition coefficient (Wildman–Crippen LogP) is 5.74. The summed E-state index contributed by atoms with van der Waals surface area (Å²) in [6, 6.07) is 22.8. The molecule has 2 heterocycles. The first-order valence-corrected chi connectivity index (χ1v) is 14.9. The number of hydrogen-bond acceptors (Lipinski definition) is 6. The summed E-state index contributed by atoms with van der Waals surface area (Å²) in [5.74, 6) is 0.265. The van der Waals surface area contributed by atoms with Gasteiger partial charge in [-0.2, -0.15) is 0 Å². The molecule has 0 amide bonds. The smallest absolute Gasteiger partial charge is 0.338 e. The van der Waals surface area contributed by atoms with Crippen LogP contribution in [0, 0.1) is 3.57 Å². The second kappa shape index (κ2) is 12.0. The molecule has 0 fully saturated rings. The molecule has 198 valence electrons. The number of halogens is 2. The number of carbonyl (C=O) groups is 1. The van der Waals surface area contributed by atoms with Crippen LogP contribution in [-0.4, -0.2) is 17.6 Å². The van der Waals surface area contributed by atoms with E-state index in [1.807, 2.05) is 85.8 Å². The van der Waals surface area contributed by atoms with Crippen LogP contribution in [0.25, 0.3) is 6.08 Å². The number of carbonyl (C=O) groups excluding carboxylic acids is 1. The Labute approximate surface area is 251 Å². The molecule has 1 aliphatic rings. The maximum atomic E-state index is 13.8. The molecule has 0 bridgehead atoms. The Morgan fingerprint density at radius 2 is 1.82 bits per heavy atom. The normalized spacial score (nSPS) is 15.1. The summed E-state index contributed by atoms with van der Waals surface area (Å²) >= 11 is 7.20. The first kappa shape index (κ1) is 27.5. The number of allylic oxidation sites excluding steroid dienone is 1. The van der Waals surface area contributed by atoms with Crippen molar-refractivity contribution in [2.24, 2.45) is 4.99 Å². The van der Waals surface area contributed by atoms with E-state index in [1.165, 1.54) is 18.4 Å². The molecule has 6 nitrogen and oxygen atoms in total. The summed E-state index contributed by atoms with van der Waals surface area (Å²) in [6.07, 6.45) is 2.39. The second-order valence-corrected chi connectivity index (χ2v) is 11.8. The molecule has 1 aromatic heterocycles. The molecule has 39 heavy (non-hydrogen) atoms. The van der Waals surface area contributed by atoms with Gasteiger partial charge in [-0.15, -0.1) is 0 Å². The molecule has 0 unspecified atom stereocenters. The third-order valence-corrected chi connectivity index (χ3v) is 8.68. The number of rotatable bonds is 7. The number of nitrogens with zero attached hydrogens (tertiary/aromatic N) is 2. The molecule has 4 aromatic rings. The molecule has 5 rings (SSSR count). The van der Waals surface area contributed by atoms with Crippen LogP contribution in [0.1, 0.15) is 36.1 Å². The van der Waals surface area contributed by atoms with Gasteiger partial charge in [0.1, 0.15) is 12.4 Å². The van der Waals surface area contributed by atoms with Gasteiger partial charge in [-0.1, -0.05) is 78.9 Å². The van der Waals surface area contributed by atoms with Gasteiger partial charge in [0.15, 0.2) is 4.80 Å². The summed E-state index contributed by atoms with van der Waals surface area (Å²) in [4.78, 5) is 32.0. The third-order valence-electron chi connectivity index (χ3n) is 6.31. The van der Waals surface area contributed by atoms with Gasteiger partial charge in [0.05, 0.1) is 37.0 Å². The van der Waals surface area contributed by atoms with Crippen LogP contribution in [0.2, 0.25) is 0 Å². The quantitative estimate of drug-likeness (QED) is 0.181. The highest BCUT2D eigenvalue weighted by Crippen LogP contribution is 2.34. The highest BCUT2D eigenvalue weighted by atomic mass is 127. The van der Waals surface area contributed by atoms with Gasteiger partial charge in [-0.3, -0.25) is 9.36 Å². The van der Waals surface area contributed by atoms with Gasteiger partial charge in [-0.05, 0) is 79.8 Å². The maximum Gasteiger partial charge on any atom is 0.338 e. The van der Waals surface area contributed by atoms with E-state index in [4.69, 9.17) is 14.5 Å². The van der Waals surface area contributed by atoms with Crippen LogP contribution in [-0.2, 0) is 16.1 Å². The van der Waals surface area contributed by atoms with Crippen LogP contribution in [0.3, 0.4) is 0 Å². The van der Waals surface area contributed by atoms with E-state index in [-0.39, 0.29) is 5.56 Å². The Morgan fingerprint density at radius 1 is 1.13 bits per heavy atom. The fourth-order valence-electron chi connectivity index (χ4n) is 4.50. The van der Waals surface area contributed by atoms with E-state index < -0.39 is 12.0 Å². The number of hydrogen-bond donors (Lipinski definition) is 0. The van der Waals surface area contributed by atoms with Crippen molar-refractivity contribution in [3.8, 4) is 5.75 Å². The predicted molar refractivity (Wildman–Crippen MR) is 164 cm³/mol. The van der Waals surface area contributed by atoms with Crippen LogP contribution >= 0.6 is 49.9 Å². The van der Waals surface area contributed by atoms with Gasteiger partial charge in [-0.25, -0.2) is 9.79 Å². The highest BCUT2D eigenvalue weighted by molar-refractivity contribution is 14.1. The topological polar surface area (TPSA) is 69.9 Å². The van der Waals surface area contributed by atoms with E-state index in [1.54, 1.807) is 4.57 Å².